The molecule has 2 aromatic heterocycles. The molecular formula is C24H22F5N3O3S. The molecule has 1 fully saturated rings. The predicted molar refractivity (Wildman–Crippen MR) is 122 cm³/mol. The van der Waals surface area contributed by atoms with Crippen LogP contribution in [0.1, 0.15) is 60.5 Å². The van der Waals surface area contributed by atoms with Gasteiger partial charge in [0.15, 0.2) is 11.6 Å². The number of nitrogens with zero attached hydrogens (tertiary/aromatic N) is 2. The molecule has 0 spiro atoms. The van der Waals surface area contributed by atoms with Crippen molar-refractivity contribution in [2.24, 2.45) is 5.92 Å². The van der Waals surface area contributed by atoms with Gasteiger partial charge in [-0.15, -0.1) is 0 Å². The number of halogens is 5. The maximum Gasteiger partial charge on any atom is 0.398 e. The van der Waals surface area contributed by atoms with Crippen LogP contribution < -0.4 is 10.1 Å². The van der Waals surface area contributed by atoms with Gasteiger partial charge < -0.3 is 4.74 Å². The summed E-state index contributed by atoms with van der Waals surface area (Å²) in [5.41, 5.74) is -2.55. The number of amides is 2. The van der Waals surface area contributed by atoms with E-state index in [1.165, 1.54) is 12.3 Å². The molecule has 0 aliphatic heterocycles. The normalized spacial score (nSPS) is 15.5. The van der Waals surface area contributed by atoms with Crippen LogP contribution in [0.15, 0.2) is 24.4 Å². The van der Waals surface area contributed by atoms with E-state index in [0.717, 1.165) is 23.5 Å². The number of carbonyl (C=O) groups is 2. The number of nitrogens with one attached hydrogen (secondary N) is 1. The Balaban J connectivity index is 1.50. The van der Waals surface area contributed by atoms with E-state index in [9.17, 15) is 31.5 Å². The lowest BCUT2D eigenvalue weighted by atomic mass is 9.97. The molecule has 1 saturated carbocycles. The first kappa shape index (κ1) is 25.9. The average molecular weight is 528 g/mol. The molecule has 1 N–H and O–H groups in total. The Bertz CT molecular complexity index is 1320. The maximum absolute atomic E-state index is 14.9. The number of carbonyl (C=O) groups excluding carboxylic acids is 2. The van der Waals surface area contributed by atoms with Gasteiger partial charge in [0.25, 0.3) is 5.91 Å². The molecule has 2 amide bonds. The van der Waals surface area contributed by atoms with Gasteiger partial charge in [0.1, 0.15) is 33.3 Å². The average Bonchev–Trinajstić information content (AvgIpc) is 3.53. The third-order valence-corrected chi connectivity index (χ3v) is 7.13. The molecule has 36 heavy (non-hydrogen) atoms. The summed E-state index contributed by atoms with van der Waals surface area (Å²) in [6.45, 7) is 3.16. The molecule has 2 heterocycles. The summed E-state index contributed by atoms with van der Waals surface area (Å²) < 4.78 is 74.8. The zero-order valence-electron chi connectivity index (χ0n) is 19.3. The lowest BCUT2D eigenvalue weighted by molar-refractivity contribution is -0.160. The Kier molecular flexibility index (Phi) is 7.00. The Labute approximate surface area is 206 Å². The van der Waals surface area contributed by atoms with Crippen molar-refractivity contribution >= 4 is 33.5 Å². The molecular weight excluding hydrogens is 505 g/mol. The van der Waals surface area contributed by atoms with Crippen LogP contribution in [0, 0.1) is 17.6 Å². The third kappa shape index (κ3) is 4.91. The van der Waals surface area contributed by atoms with Gasteiger partial charge in [-0.3, -0.25) is 14.9 Å². The first-order valence-electron chi connectivity index (χ1n) is 11.3. The molecule has 12 heteroatoms. The minimum atomic E-state index is -4.38. The van der Waals surface area contributed by atoms with Gasteiger partial charge in [0, 0.05) is 12.1 Å². The van der Waals surface area contributed by atoms with E-state index >= 15 is 0 Å². The van der Waals surface area contributed by atoms with Crippen molar-refractivity contribution in [2.75, 3.05) is 0 Å². The number of aromatic nitrogens is 2. The van der Waals surface area contributed by atoms with E-state index in [4.69, 9.17) is 4.74 Å². The van der Waals surface area contributed by atoms with E-state index < -0.39 is 52.3 Å². The summed E-state index contributed by atoms with van der Waals surface area (Å²) in [5, 5.41) is 2.30. The summed E-state index contributed by atoms with van der Waals surface area (Å²) in [6.07, 6.45) is -2.01. The van der Waals surface area contributed by atoms with Crippen molar-refractivity contribution < 1.29 is 36.3 Å². The molecule has 192 valence electrons. The van der Waals surface area contributed by atoms with Crippen LogP contribution in [0.5, 0.6) is 5.75 Å². The minimum absolute atomic E-state index is 0.00728. The molecule has 0 radical (unpaired) electrons. The minimum Gasteiger partial charge on any atom is -0.483 e. The van der Waals surface area contributed by atoms with Crippen LogP contribution in [-0.4, -0.2) is 28.0 Å². The lowest BCUT2D eigenvalue weighted by Crippen LogP contribution is -2.35. The predicted octanol–water partition coefficient (Wildman–Crippen LogP) is 5.84. The highest BCUT2D eigenvalue weighted by atomic mass is 32.1. The van der Waals surface area contributed by atoms with E-state index in [2.05, 4.69) is 9.97 Å². The van der Waals surface area contributed by atoms with E-state index in [1.807, 2.05) is 12.2 Å². The molecule has 1 aliphatic rings. The van der Waals surface area contributed by atoms with E-state index in [1.54, 1.807) is 6.92 Å². The fourth-order valence-electron chi connectivity index (χ4n) is 3.91. The number of thiazole rings is 1. The second-order valence-corrected chi connectivity index (χ2v) is 9.83. The summed E-state index contributed by atoms with van der Waals surface area (Å²) in [6, 6.07) is 3.18. The van der Waals surface area contributed by atoms with E-state index in [0.29, 0.717) is 22.7 Å². The standard InChI is InChI=1S/C24H22F5N3O3S/c1-3-4-12(2)20(33)32-21(34)18-14(25)5-6-16(19(18)26)35-11-17-31-15-9-13(10-30-22(15)36-17)23(7-8-23)24(27,28)29/h5-6,9-10,12H,3-4,7-8,11H2,1-2H3,(H,32,33,34). The highest BCUT2D eigenvalue weighted by Crippen LogP contribution is 2.59. The highest BCUT2D eigenvalue weighted by molar-refractivity contribution is 7.18. The Morgan fingerprint density at radius 1 is 1.25 bits per heavy atom. The number of rotatable bonds is 8. The first-order chi connectivity index (χ1) is 17.0. The molecule has 0 saturated heterocycles. The summed E-state index contributed by atoms with van der Waals surface area (Å²) in [5.74, 6) is -5.28. The molecule has 1 aromatic carbocycles. The topological polar surface area (TPSA) is 81.2 Å². The van der Waals surface area contributed by atoms with Gasteiger partial charge in [0.2, 0.25) is 5.91 Å². The fraction of sp³-hybridized carbons (Fsp3) is 0.417. The van der Waals surface area contributed by atoms with Crippen LogP contribution in [0.3, 0.4) is 0 Å². The third-order valence-electron chi connectivity index (χ3n) is 6.18. The van der Waals surface area contributed by atoms with Crippen LogP contribution >= 0.6 is 11.3 Å². The lowest BCUT2D eigenvalue weighted by Gasteiger charge is -2.18. The zero-order chi connectivity index (χ0) is 26.3. The number of imide groups is 1. The van der Waals surface area contributed by atoms with Crippen molar-refractivity contribution in [3.63, 3.8) is 0 Å². The highest BCUT2D eigenvalue weighted by Gasteiger charge is 2.64. The number of pyridine rings is 1. The molecule has 4 rings (SSSR count). The van der Waals surface area contributed by atoms with Crippen molar-refractivity contribution in [1.29, 1.82) is 0 Å². The van der Waals surface area contributed by atoms with Crippen LogP contribution in [0.4, 0.5) is 22.0 Å². The van der Waals surface area contributed by atoms with Gasteiger partial charge in [-0.05, 0) is 43.0 Å². The van der Waals surface area contributed by atoms with Crippen molar-refractivity contribution in [1.82, 2.24) is 15.3 Å². The SMILES string of the molecule is CCCC(C)C(=O)NC(=O)c1c(F)ccc(OCc2nc3cc(C4(C(F)(F)F)CC4)cnc3s2)c1F. The van der Waals surface area contributed by atoms with Crippen LogP contribution in [0.2, 0.25) is 0 Å². The van der Waals surface area contributed by atoms with Crippen molar-refractivity contribution in [2.45, 2.75) is 57.7 Å². The molecule has 1 atom stereocenters. The number of alkyl halides is 3. The van der Waals surface area contributed by atoms with Gasteiger partial charge in [0.05, 0.1) is 5.41 Å². The van der Waals surface area contributed by atoms with Gasteiger partial charge in [-0.2, -0.15) is 13.2 Å². The second kappa shape index (κ2) is 9.72. The van der Waals surface area contributed by atoms with Crippen LogP contribution in [0.25, 0.3) is 10.3 Å². The largest absolute Gasteiger partial charge is 0.483 e. The molecule has 6 nitrogen and oxygen atoms in total. The molecule has 1 aliphatic carbocycles. The summed E-state index contributed by atoms with van der Waals surface area (Å²) in [7, 11) is 0. The van der Waals surface area contributed by atoms with Crippen LogP contribution in [-0.2, 0) is 16.8 Å². The zero-order valence-corrected chi connectivity index (χ0v) is 20.2. The molecule has 3 aromatic rings. The smallest absolute Gasteiger partial charge is 0.398 e. The number of hydrogen-bond donors (Lipinski definition) is 1. The number of fused-ring (bicyclic) bond motifs is 1. The quantitative estimate of drug-likeness (QED) is 0.373. The van der Waals surface area contributed by atoms with Gasteiger partial charge >= 0.3 is 6.18 Å². The molecule has 0 bridgehead atoms. The Morgan fingerprint density at radius 2 is 1.97 bits per heavy atom. The number of ether oxygens (including phenoxy) is 1. The monoisotopic (exact) mass is 527 g/mol. The number of hydrogen-bond acceptors (Lipinski definition) is 6. The van der Waals surface area contributed by atoms with Gasteiger partial charge in [-0.1, -0.05) is 31.6 Å². The van der Waals surface area contributed by atoms with Crippen molar-refractivity contribution in [3.05, 3.63) is 52.2 Å². The summed E-state index contributed by atoms with van der Waals surface area (Å²) >= 11 is 1.05. The fourth-order valence-corrected chi connectivity index (χ4v) is 4.71. The Morgan fingerprint density at radius 3 is 2.61 bits per heavy atom. The maximum atomic E-state index is 14.9. The summed E-state index contributed by atoms with van der Waals surface area (Å²) in [4.78, 5) is 33.2. The van der Waals surface area contributed by atoms with Gasteiger partial charge in [-0.25, -0.2) is 18.7 Å². The second-order valence-electron chi connectivity index (χ2n) is 8.77. The Hall–Kier alpha value is -3.15. The molecule has 1 unspecified atom stereocenters. The first-order valence-corrected chi connectivity index (χ1v) is 12.1. The van der Waals surface area contributed by atoms with Crippen molar-refractivity contribution in [3.8, 4) is 5.75 Å². The number of benzene rings is 1. The van der Waals surface area contributed by atoms with E-state index in [-0.39, 0.29) is 30.5 Å².